The lowest BCUT2D eigenvalue weighted by atomic mass is 10.0. The van der Waals surface area contributed by atoms with E-state index in [4.69, 9.17) is 5.73 Å². The predicted octanol–water partition coefficient (Wildman–Crippen LogP) is 1.79. The second-order valence-electron chi connectivity index (χ2n) is 6.82. The summed E-state index contributed by atoms with van der Waals surface area (Å²) in [6.45, 7) is 3.06. The molecule has 3 N–H and O–H groups in total. The molecule has 2 rings (SSSR count). The van der Waals surface area contributed by atoms with Gasteiger partial charge in [-0.05, 0) is 23.6 Å². The monoisotopic (exact) mass is 431 g/mol. The summed E-state index contributed by atoms with van der Waals surface area (Å²) in [5.74, 6) is -1.42. The van der Waals surface area contributed by atoms with Crippen molar-refractivity contribution in [2.75, 3.05) is 6.54 Å². The lowest BCUT2D eigenvalue weighted by molar-refractivity contribution is -0.135. The van der Waals surface area contributed by atoms with Crippen molar-refractivity contribution in [1.29, 1.82) is 0 Å². The van der Waals surface area contributed by atoms with Crippen molar-refractivity contribution in [3.8, 4) is 11.1 Å². The smallest absolute Gasteiger partial charge is 0.264 e. The highest BCUT2D eigenvalue weighted by Crippen LogP contribution is 2.27. The Labute approximate surface area is 176 Å². The molecule has 0 saturated carbocycles. The number of nitrogens with one attached hydrogen (secondary N) is 1. The van der Waals surface area contributed by atoms with Crippen LogP contribution in [0.25, 0.3) is 11.1 Å². The molecule has 0 aliphatic carbocycles. The molecule has 0 aliphatic rings. The van der Waals surface area contributed by atoms with E-state index in [-0.39, 0.29) is 23.9 Å². The van der Waals surface area contributed by atoms with Gasteiger partial charge >= 0.3 is 0 Å². The Bertz CT molecular complexity index is 1030. The van der Waals surface area contributed by atoms with Crippen LogP contribution in [0.1, 0.15) is 32.3 Å². The van der Waals surface area contributed by atoms with Gasteiger partial charge < -0.3 is 10.6 Å². The Balaban J connectivity index is 2.31. The highest BCUT2D eigenvalue weighted by Gasteiger charge is 2.20. The number of carbonyl (C=O) groups excluding carboxylic acids is 3. The highest BCUT2D eigenvalue weighted by atomic mass is 32.2. The van der Waals surface area contributed by atoms with Crippen LogP contribution in [0.2, 0.25) is 0 Å². The molecule has 0 unspecified atom stereocenters. The van der Waals surface area contributed by atoms with Crippen LogP contribution in [-0.4, -0.2) is 37.6 Å². The molecule has 3 amide bonds. The van der Waals surface area contributed by atoms with Gasteiger partial charge in [0.2, 0.25) is 17.7 Å². The maximum Gasteiger partial charge on any atom is 0.264 e. The largest absolute Gasteiger partial charge is 0.368 e. The van der Waals surface area contributed by atoms with Gasteiger partial charge in [-0.2, -0.15) is 0 Å². The molecule has 2 aromatic rings. The summed E-state index contributed by atoms with van der Waals surface area (Å²) in [6.07, 6.45) is 0.979. The number of primary amides is 1. The summed E-state index contributed by atoms with van der Waals surface area (Å²) >= 11 is 0. The Kier molecular flexibility index (Phi) is 7.71. The standard InChI is InChI=1S/C21H25N3O5S/c1-3-6-21(27)24(14-20(22)26)13-16-9-11-17(12-10-16)18-7-4-5-8-19(18)30(28,29)23-15(2)25/h4-5,7-12H,3,6,13-14H2,1-2H3,(H2,22,26)(H,23,25). The molecule has 8 nitrogen and oxygen atoms in total. The van der Waals surface area contributed by atoms with E-state index >= 15 is 0 Å². The molecule has 30 heavy (non-hydrogen) atoms. The zero-order valence-electron chi connectivity index (χ0n) is 16.9. The minimum Gasteiger partial charge on any atom is -0.368 e. The number of carbonyl (C=O) groups is 3. The molecular formula is C21H25N3O5S. The normalized spacial score (nSPS) is 11.0. The number of hydrogen-bond acceptors (Lipinski definition) is 5. The van der Waals surface area contributed by atoms with E-state index in [0.29, 0.717) is 24.0 Å². The van der Waals surface area contributed by atoms with E-state index in [0.717, 1.165) is 12.5 Å². The summed E-state index contributed by atoms with van der Waals surface area (Å²) in [6, 6.07) is 13.3. The fourth-order valence-corrected chi connectivity index (χ4v) is 4.21. The van der Waals surface area contributed by atoms with Gasteiger partial charge in [0.15, 0.2) is 0 Å². The van der Waals surface area contributed by atoms with Gasteiger partial charge in [0.05, 0.1) is 11.4 Å². The Morgan fingerprint density at radius 3 is 2.23 bits per heavy atom. The summed E-state index contributed by atoms with van der Waals surface area (Å²) < 4.78 is 26.9. The first-order chi connectivity index (χ1) is 14.1. The third kappa shape index (κ3) is 6.15. The second-order valence-corrected chi connectivity index (χ2v) is 8.47. The van der Waals surface area contributed by atoms with Gasteiger partial charge in [0, 0.05) is 25.5 Å². The molecule has 0 spiro atoms. The zero-order valence-corrected chi connectivity index (χ0v) is 17.7. The van der Waals surface area contributed by atoms with Crippen LogP contribution in [0.4, 0.5) is 0 Å². The summed E-state index contributed by atoms with van der Waals surface area (Å²) in [5.41, 5.74) is 7.09. The molecule has 0 heterocycles. The van der Waals surface area contributed by atoms with Crippen LogP contribution in [0, 0.1) is 0 Å². The fraction of sp³-hybridized carbons (Fsp3) is 0.286. The lowest BCUT2D eigenvalue weighted by Gasteiger charge is -2.21. The number of nitrogens with zero attached hydrogens (tertiary/aromatic N) is 1. The SMILES string of the molecule is CCCC(=O)N(CC(N)=O)Cc1ccc(-c2ccccc2S(=O)(=O)NC(C)=O)cc1. The van der Waals surface area contributed by atoms with Crippen LogP contribution >= 0.6 is 0 Å². The quantitative estimate of drug-likeness (QED) is 0.626. The maximum absolute atomic E-state index is 12.5. The second kappa shape index (κ2) is 10.0. The molecule has 160 valence electrons. The number of benzene rings is 2. The molecule has 0 fully saturated rings. The molecular weight excluding hydrogens is 406 g/mol. The topological polar surface area (TPSA) is 127 Å². The van der Waals surface area contributed by atoms with Crippen molar-refractivity contribution >= 4 is 27.7 Å². The maximum atomic E-state index is 12.5. The van der Waals surface area contributed by atoms with Gasteiger partial charge in [-0.15, -0.1) is 0 Å². The van der Waals surface area contributed by atoms with Crippen molar-refractivity contribution < 1.29 is 22.8 Å². The van der Waals surface area contributed by atoms with Gasteiger partial charge in [-0.25, -0.2) is 13.1 Å². The van der Waals surface area contributed by atoms with Gasteiger partial charge in [-0.1, -0.05) is 49.4 Å². The molecule has 0 radical (unpaired) electrons. The minimum absolute atomic E-state index is 0.0126. The van der Waals surface area contributed by atoms with Crippen molar-refractivity contribution in [3.63, 3.8) is 0 Å². The summed E-state index contributed by atoms with van der Waals surface area (Å²) in [4.78, 5) is 36.2. The van der Waals surface area contributed by atoms with E-state index in [9.17, 15) is 22.8 Å². The van der Waals surface area contributed by atoms with E-state index in [1.165, 1.54) is 11.0 Å². The molecule has 9 heteroatoms. The predicted molar refractivity (Wildman–Crippen MR) is 112 cm³/mol. The van der Waals surface area contributed by atoms with Crippen molar-refractivity contribution in [2.45, 2.75) is 38.1 Å². The number of hydrogen-bond donors (Lipinski definition) is 2. The van der Waals surface area contributed by atoms with Crippen LogP contribution in [0.5, 0.6) is 0 Å². The van der Waals surface area contributed by atoms with E-state index in [1.54, 1.807) is 42.5 Å². The zero-order chi connectivity index (χ0) is 22.3. The Hall–Kier alpha value is -3.20. The van der Waals surface area contributed by atoms with Gasteiger partial charge in [0.25, 0.3) is 10.0 Å². The third-order valence-electron chi connectivity index (χ3n) is 4.26. The lowest BCUT2D eigenvalue weighted by Crippen LogP contribution is -2.37. The average molecular weight is 432 g/mol. The van der Waals surface area contributed by atoms with E-state index in [2.05, 4.69) is 0 Å². The summed E-state index contributed by atoms with van der Waals surface area (Å²) in [5, 5.41) is 0. The first-order valence-corrected chi connectivity index (χ1v) is 10.9. The van der Waals surface area contributed by atoms with Crippen molar-refractivity contribution in [2.24, 2.45) is 5.73 Å². The first kappa shape index (κ1) is 23.1. The van der Waals surface area contributed by atoms with E-state index < -0.39 is 21.8 Å². The van der Waals surface area contributed by atoms with E-state index in [1.807, 2.05) is 11.6 Å². The molecule has 0 bridgehead atoms. The third-order valence-corrected chi connectivity index (χ3v) is 5.75. The highest BCUT2D eigenvalue weighted by molar-refractivity contribution is 7.90. The molecule has 0 atom stereocenters. The van der Waals surface area contributed by atoms with Crippen molar-refractivity contribution in [1.82, 2.24) is 9.62 Å². The number of rotatable bonds is 9. The van der Waals surface area contributed by atoms with Crippen LogP contribution in [0.15, 0.2) is 53.4 Å². The molecule has 2 aromatic carbocycles. The fourth-order valence-electron chi connectivity index (χ4n) is 2.99. The Morgan fingerprint density at radius 1 is 1.03 bits per heavy atom. The van der Waals surface area contributed by atoms with Crippen molar-refractivity contribution in [3.05, 3.63) is 54.1 Å². The minimum atomic E-state index is -4.00. The van der Waals surface area contributed by atoms with Gasteiger partial charge in [-0.3, -0.25) is 14.4 Å². The number of nitrogens with two attached hydrogens (primary N) is 1. The number of sulfonamides is 1. The molecule has 0 aromatic heterocycles. The molecule has 0 aliphatic heterocycles. The summed E-state index contributed by atoms with van der Waals surface area (Å²) in [7, 11) is -4.00. The van der Waals surface area contributed by atoms with Gasteiger partial charge in [0.1, 0.15) is 0 Å². The first-order valence-electron chi connectivity index (χ1n) is 9.42. The van der Waals surface area contributed by atoms with Crippen LogP contribution in [-0.2, 0) is 31.0 Å². The van der Waals surface area contributed by atoms with Crippen LogP contribution < -0.4 is 10.5 Å². The average Bonchev–Trinajstić information content (AvgIpc) is 2.67. The molecule has 0 saturated heterocycles. The Morgan fingerprint density at radius 2 is 1.67 bits per heavy atom. The number of amides is 3. The van der Waals surface area contributed by atoms with Crippen LogP contribution in [0.3, 0.4) is 0 Å².